The van der Waals surface area contributed by atoms with Gasteiger partial charge in [0.05, 0.1) is 6.61 Å². The highest BCUT2D eigenvalue weighted by molar-refractivity contribution is 5.71. The zero-order valence-corrected chi connectivity index (χ0v) is 15.9. The number of benzene rings is 2. The smallest absolute Gasteiger partial charge is 0.229 e. The SMILES string of the molecule is OC[C@H]1O[C@H](Oc2ccccc2-c2cccc(Cc3nn[nH]n3)c2)[C@@H](O)[C@H](O)[C@@H]1O. The molecule has 3 aromatic rings. The largest absolute Gasteiger partial charge is 0.461 e. The fourth-order valence-corrected chi connectivity index (χ4v) is 3.39. The van der Waals surface area contributed by atoms with Crippen molar-refractivity contribution in [3.05, 3.63) is 59.9 Å². The zero-order valence-electron chi connectivity index (χ0n) is 15.9. The number of hydrogen-bond donors (Lipinski definition) is 5. The standard InChI is InChI=1S/C20H22N4O6/c25-10-15-17(26)18(27)19(28)20(30-15)29-14-7-2-1-6-13(14)12-5-3-4-11(8-12)9-16-21-23-24-22-16/h1-8,15,17-20,25-28H,9-10H2,(H,21,22,23,24)/t15-,17-,18-,19+,20+/m1/s1. The van der Waals surface area contributed by atoms with Crippen LogP contribution >= 0.6 is 0 Å². The fourth-order valence-electron chi connectivity index (χ4n) is 3.39. The van der Waals surface area contributed by atoms with Gasteiger partial charge in [-0.15, -0.1) is 10.2 Å². The number of H-pyrrole nitrogens is 1. The molecule has 158 valence electrons. The van der Waals surface area contributed by atoms with Crippen molar-refractivity contribution in [1.29, 1.82) is 0 Å². The highest BCUT2D eigenvalue weighted by Gasteiger charge is 2.44. The van der Waals surface area contributed by atoms with Gasteiger partial charge < -0.3 is 29.9 Å². The van der Waals surface area contributed by atoms with Crippen LogP contribution in [0.5, 0.6) is 5.75 Å². The third kappa shape index (κ3) is 4.18. The molecule has 4 rings (SSSR count). The molecule has 0 unspecified atom stereocenters. The molecule has 2 aromatic carbocycles. The number of rotatable bonds is 6. The molecule has 1 fully saturated rings. The van der Waals surface area contributed by atoms with E-state index in [4.69, 9.17) is 9.47 Å². The average molecular weight is 414 g/mol. The first-order valence-corrected chi connectivity index (χ1v) is 9.44. The summed E-state index contributed by atoms with van der Waals surface area (Å²) in [7, 11) is 0. The van der Waals surface area contributed by atoms with Gasteiger partial charge in [0.25, 0.3) is 0 Å². The van der Waals surface area contributed by atoms with Crippen molar-refractivity contribution < 1.29 is 29.9 Å². The molecule has 30 heavy (non-hydrogen) atoms. The highest BCUT2D eigenvalue weighted by atomic mass is 16.7. The van der Waals surface area contributed by atoms with E-state index in [2.05, 4.69) is 20.6 Å². The molecule has 2 heterocycles. The predicted octanol–water partition coefficient (Wildman–Crippen LogP) is -0.364. The first kappa shape index (κ1) is 20.4. The van der Waals surface area contributed by atoms with Crippen LogP contribution in [-0.2, 0) is 11.2 Å². The van der Waals surface area contributed by atoms with Gasteiger partial charge in [-0.25, -0.2) is 0 Å². The van der Waals surface area contributed by atoms with Crippen LogP contribution in [0.4, 0.5) is 0 Å². The molecule has 0 amide bonds. The molecular weight excluding hydrogens is 392 g/mol. The summed E-state index contributed by atoms with van der Waals surface area (Å²) in [5.74, 6) is 0.983. The van der Waals surface area contributed by atoms with Crippen molar-refractivity contribution in [2.75, 3.05) is 6.61 Å². The molecule has 0 aliphatic carbocycles. The van der Waals surface area contributed by atoms with E-state index in [-0.39, 0.29) is 0 Å². The molecule has 1 aromatic heterocycles. The van der Waals surface area contributed by atoms with Gasteiger partial charge in [-0.2, -0.15) is 5.21 Å². The Morgan fingerprint density at radius 2 is 1.83 bits per heavy atom. The number of para-hydroxylation sites is 1. The summed E-state index contributed by atoms with van der Waals surface area (Å²) in [6.07, 6.45) is -6.24. The number of aromatic amines is 1. The summed E-state index contributed by atoms with van der Waals surface area (Å²) in [6, 6.07) is 14.9. The molecule has 1 aliphatic rings. The molecule has 5 atom stereocenters. The van der Waals surface area contributed by atoms with Gasteiger partial charge in [-0.1, -0.05) is 47.7 Å². The molecule has 1 saturated heterocycles. The van der Waals surface area contributed by atoms with Crippen LogP contribution in [0, 0.1) is 0 Å². The van der Waals surface area contributed by atoms with Crippen LogP contribution in [0.2, 0.25) is 0 Å². The van der Waals surface area contributed by atoms with Gasteiger partial charge in [-0.05, 0) is 17.2 Å². The molecule has 0 saturated carbocycles. The van der Waals surface area contributed by atoms with E-state index >= 15 is 0 Å². The molecule has 10 nitrogen and oxygen atoms in total. The highest BCUT2D eigenvalue weighted by Crippen LogP contribution is 2.33. The summed E-state index contributed by atoms with van der Waals surface area (Å²) in [5.41, 5.74) is 2.57. The Hall–Kier alpha value is -2.89. The van der Waals surface area contributed by atoms with Crippen molar-refractivity contribution in [2.45, 2.75) is 37.1 Å². The first-order valence-electron chi connectivity index (χ1n) is 9.44. The molecule has 0 bridgehead atoms. The predicted molar refractivity (Wildman–Crippen MR) is 103 cm³/mol. The lowest BCUT2D eigenvalue weighted by atomic mass is 9.99. The van der Waals surface area contributed by atoms with Crippen molar-refractivity contribution in [2.24, 2.45) is 0 Å². The van der Waals surface area contributed by atoms with Gasteiger partial charge in [0, 0.05) is 12.0 Å². The van der Waals surface area contributed by atoms with E-state index in [9.17, 15) is 20.4 Å². The molecule has 10 heteroatoms. The molecule has 5 N–H and O–H groups in total. The Morgan fingerprint density at radius 3 is 2.60 bits per heavy atom. The Morgan fingerprint density at radius 1 is 1.00 bits per heavy atom. The average Bonchev–Trinajstić information content (AvgIpc) is 3.27. The molecular formula is C20H22N4O6. The van der Waals surface area contributed by atoms with Crippen molar-refractivity contribution in [1.82, 2.24) is 20.6 Å². The monoisotopic (exact) mass is 414 g/mol. The van der Waals surface area contributed by atoms with Crippen LogP contribution in [0.3, 0.4) is 0 Å². The van der Waals surface area contributed by atoms with Gasteiger partial charge in [0.15, 0.2) is 5.82 Å². The second kappa shape index (κ2) is 8.86. The normalized spacial score (nSPS) is 26.5. The Kier molecular flexibility index (Phi) is 6.02. The number of aromatic nitrogens is 4. The lowest BCUT2D eigenvalue weighted by molar-refractivity contribution is -0.277. The third-order valence-corrected chi connectivity index (χ3v) is 4.97. The first-order chi connectivity index (χ1) is 14.6. The topological polar surface area (TPSA) is 154 Å². The number of ether oxygens (including phenoxy) is 2. The van der Waals surface area contributed by atoms with E-state index in [1.54, 1.807) is 12.1 Å². The van der Waals surface area contributed by atoms with Gasteiger partial charge in [-0.3, -0.25) is 0 Å². The Bertz CT molecular complexity index is 967. The van der Waals surface area contributed by atoms with Crippen molar-refractivity contribution in [3.63, 3.8) is 0 Å². The fraction of sp³-hybridized carbons (Fsp3) is 0.350. The minimum Gasteiger partial charge on any atom is -0.461 e. The summed E-state index contributed by atoms with van der Waals surface area (Å²) in [4.78, 5) is 0. The van der Waals surface area contributed by atoms with E-state index in [0.29, 0.717) is 18.0 Å². The number of tetrazole rings is 1. The maximum Gasteiger partial charge on any atom is 0.229 e. The van der Waals surface area contributed by atoms with Crippen LogP contribution in [0.25, 0.3) is 11.1 Å². The van der Waals surface area contributed by atoms with Crippen LogP contribution in [-0.4, -0.2) is 78.4 Å². The second-order valence-electron chi connectivity index (χ2n) is 7.02. The number of aliphatic hydroxyl groups excluding tert-OH is 4. The Balaban J connectivity index is 1.59. The van der Waals surface area contributed by atoms with Crippen molar-refractivity contribution in [3.8, 4) is 16.9 Å². The summed E-state index contributed by atoms with van der Waals surface area (Å²) in [5, 5.41) is 53.5. The van der Waals surface area contributed by atoms with E-state index < -0.39 is 37.3 Å². The minimum absolute atomic E-state index is 0.415. The lowest BCUT2D eigenvalue weighted by Crippen LogP contribution is -2.60. The lowest BCUT2D eigenvalue weighted by Gasteiger charge is -2.39. The van der Waals surface area contributed by atoms with Crippen LogP contribution in [0.1, 0.15) is 11.4 Å². The molecule has 0 radical (unpaired) electrons. The summed E-state index contributed by atoms with van der Waals surface area (Å²) < 4.78 is 11.3. The Labute approximate surface area is 171 Å². The summed E-state index contributed by atoms with van der Waals surface area (Å²) in [6.45, 7) is -0.523. The van der Waals surface area contributed by atoms with Crippen LogP contribution in [0.15, 0.2) is 48.5 Å². The van der Waals surface area contributed by atoms with E-state index in [0.717, 1.165) is 16.7 Å². The van der Waals surface area contributed by atoms with Gasteiger partial charge >= 0.3 is 0 Å². The number of nitrogens with one attached hydrogen (secondary N) is 1. The quantitative estimate of drug-likeness (QED) is 0.364. The van der Waals surface area contributed by atoms with E-state index in [1.807, 2.05) is 36.4 Å². The molecule has 0 spiro atoms. The number of nitrogens with zero attached hydrogens (tertiary/aromatic N) is 3. The third-order valence-electron chi connectivity index (χ3n) is 4.97. The zero-order chi connectivity index (χ0) is 21.1. The summed E-state index contributed by atoms with van der Waals surface area (Å²) >= 11 is 0. The minimum atomic E-state index is -1.51. The van der Waals surface area contributed by atoms with Crippen LogP contribution < -0.4 is 4.74 Å². The van der Waals surface area contributed by atoms with Gasteiger partial charge in [0.2, 0.25) is 6.29 Å². The maximum absolute atomic E-state index is 10.3. The van der Waals surface area contributed by atoms with E-state index in [1.165, 1.54) is 0 Å². The second-order valence-corrected chi connectivity index (χ2v) is 7.02. The van der Waals surface area contributed by atoms with Crippen molar-refractivity contribution >= 4 is 0 Å². The number of hydrogen-bond acceptors (Lipinski definition) is 9. The molecule has 1 aliphatic heterocycles. The number of aliphatic hydroxyl groups is 4. The maximum atomic E-state index is 10.3. The van der Waals surface area contributed by atoms with Gasteiger partial charge in [0.1, 0.15) is 30.2 Å².